The van der Waals surface area contributed by atoms with Crippen molar-refractivity contribution < 1.29 is 0 Å². The van der Waals surface area contributed by atoms with Crippen LogP contribution in [0.2, 0.25) is 0 Å². The lowest BCUT2D eigenvalue weighted by molar-refractivity contribution is 0.312. The molecule has 1 aromatic heterocycles. The first-order chi connectivity index (χ1) is 9.19. The fourth-order valence-corrected chi connectivity index (χ4v) is 2.70. The summed E-state index contributed by atoms with van der Waals surface area (Å²) >= 11 is 0. The normalized spacial score (nSPS) is 21.8. The smallest absolute Gasteiger partial charge is 0.221 e. The third kappa shape index (κ3) is 2.11. The van der Waals surface area contributed by atoms with Crippen LogP contribution in [0.5, 0.6) is 0 Å². The summed E-state index contributed by atoms with van der Waals surface area (Å²) < 4.78 is 2.06. The molecule has 0 fully saturated rings. The van der Waals surface area contributed by atoms with Crippen molar-refractivity contribution >= 4 is 5.95 Å². The molecule has 0 saturated carbocycles. The maximum atomic E-state index is 4.70. The third-order valence-electron chi connectivity index (χ3n) is 3.91. The van der Waals surface area contributed by atoms with E-state index in [1.807, 2.05) is 0 Å². The molecule has 3 rings (SSSR count). The van der Waals surface area contributed by atoms with E-state index in [2.05, 4.69) is 60.0 Å². The lowest BCUT2D eigenvalue weighted by atomic mass is 9.98. The molecule has 4 nitrogen and oxygen atoms in total. The first-order valence-electron chi connectivity index (χ1n) is 6.96. The maximum absolute atomic E-state index is 4.70. The van der Waals surface area contributed by atoms with Gasteiger partial charge in [-0.2, -0.15) is 4.98 Å². The number of rotatable bonds is 2. The van der Waals surface area contributed by atoms with Crippen LogP contribution in [0.25, 0.3) is 11.4 Å². The van der Waals surface area contributed by atoms with E-state index < -0.39 is 0 Å². The number of nitrogens with zero attached hydrogens (tertiary/aromatic N) is 3. The van der Waals surface area contributed by atoms with Gasteiger partial charge in [0, 0.05) is 12.1 Å². The molecule has 0 bridgehead atoms. The van der Waals surface area contributed by atoms with Gasteiger partial charge in [-0.3, -0.25) is 0 Å². The molecule has 2 aromatic rings. The standard InChI is InChI=1S/C15H20N4/c1-4-13-11(3)9-16-15-17-14(18-19(13)15)12-7-5-10(2)6-8-12/h5-8,11,13H,4,9H2,1-3H3,(H,16,17,18). The van der Waals surface area contributed by atoms with Crippen molar-refractivity contribution in [2.75, 3.05) is 11.9 Å². The van der Waals surface area contributed by atoms with E-state index in [1.165, 1.54) is 5.56 Å². The van der Waals surface area contributed by atoms with Gasteiger partial charge in [0.15, 0.2) is 5.82 Å². The Labute approximate surface area is 113 Å². The molecule has 19 heavy (non-hydrogen) atoms. The molecule has 1 aromatic carbocycles. The van der Waals surface area contributed by atoms with Crippen molar-refractivity contribution in [3.63, 3.8) is 0 Å². The van der Waals surface area contributed by atoms with Crippen molar-refractivity contribution in [1.29, 1.82) is 0 Å². The lowest BCUT2D eigenvalue weighted by Crippen LogP contribution is -2.31. The second-order valence-corrected chi connectivity index (χ2v) is 5.40. The van der Waals surface area contributed by atoms with Crippen LogP contribution in [0, 0.1) is 12.8 Å². The molecule has 0 spiro atoms. The number of aryl methyl sites for hydroxylation is 1. The topological polar surface area (TPSA) is 42.7 Å². The molecular formula is C15H20N4. The van der Waals surface area contributed by atoms with E-state index >= 15 is 0 Å². The SMILES string of the molecule is CCC1C(C)CNc2nc(-c3ccc(C)cc3)nn21. The Morgan fingerprint density at radius 1 is 1.32 bits per heavy atom. The predicted octanol–water partition coefficient (Wildman–Crippen LogP) is 3.27. The minimum Gasteiger partial charge on any atom is -0.354 e. The first kappa shape index (κ1) is 12.2. The van der Waals surface area contributed by atoms with Crippen LogP contribution in [-0.2, 0) is 0 Å². The summed E-state index contributed by atoms with van der Waals surface area (Å²) in [5.41, 5.74) is 2.34. The summed E-state index contributed by atoms with van der Waals surface area (Å²) in [6.07, 6.45) is 1.09. The molecule has 4 heteroatoms. The zero-order chi connectivity index (χ0) is 13.4. The molecular weight excluding hydrogens is 236 g/mol. The number of hydrogen-bond acceptors (Lipinski definition) is 3. The second-order valence-electron chi connectivity index (χ2n) is 5.40. The van der Waals surface area contributed by atoms with Gasteiger partial charge in [0.25, 0.3) is 0 Å². The highest BCUT2D eigenvalue weighted by atomic mass is 15.4. The summed E-state index contributed by atoms with van der Waals surface area (Å²) in [6, 6.07) is 8.82. The number of aromatic nitrogens is 3. The Kier molecular flexibility index (Phi) is 3.01. The van der Waals surface area contributed by atoms with E-state index in [1.54, 1.807) is 0 Å². The third-order valence-corrected chi connectivity index (χ3v) is 3.91. The van der Waals surface area contributed by atoms with Crippen LogP contribution in [-0.4, -0.2) is 21.3 Å². The van der Waals surface area contributed by atoms with Gasteiger partial charge >= 0.3 is 0 Å². The Bertz CT molecular complexity index is 570. The molecule has 1 N–H and O–H groups in total. The molecule has 0 aliphatic carbocycles. The van der Waals surface area contributed by atoms with Crippen LogP contribution in [0.3, 0.4) is 0 Å². The Hall–Kier alpha value is -1.84. The fraction of sp³-hybridized carbons (Fsp3) is 0.467. The van der Waals surface area contributed by atoms with E-state index in [0.717, 1.165) is 30.3 Å². The number of hydrogen-bond donors (Lipinski definition) is 1. The van der Waals surface area contributed by atoms with Crippen molar-refractivity contribution in [2.45, 2.75) is 33.2 Å². The molecule has 1 aliphatic rings. The number of anilines is 1. The van der Waals surface area contributed by atoms with E-state index in [4.69, 9.17) is 5.10 Å². The van der Waals surface area contributed by atoms with Gasteiger partial charge < -0.3 is 5.32 Å². The monoisotopic (exact) mass is 256 g/mol. The highest BCUT2D eigenvalue weighted by Crippen LogP contribution is 2.30. The van der Waals surface area contributed by atoms with Crippen LogP contribution >= 0.6 is 0 Å². The molecule has 2 heterocycles. The van der Waals surface area contributed by atoms with Crippen molar-refractivity contribution in [1.82, 2.24) is 14.8 Å². The van der Waals surface area contributed by atoms with Gasteiger partial charge in [-0.1, -0.05) is 43.7 Å². The van der Waals surface area contributed by atoms with E-state index in [0.29, 0.717) is 12.0 Å². The van der Waals surface area contributed by atoms with Gasteiger partial charge in [0.05, 0.1) is 6.04 Å². The van der Waals surface area contributed by atoms with Crippen LogP contribution in [0.4, 0.5) is 5.95 Å². The summed E-state index contributed by atoms with van der Waals surface area (Å²) in [6.45, 7) is 7.54. The van der Waals surface area contributed by atoms with Crippen molar-refractivity contribution in [3.05, 3.63) is 29.8 Å². The van der Waals surface area contributed by atoms with Gasteiger partial charge in [-0.05, 0) is 19.3 Å². The van der Waals surface area contributed by atoms with Gasteiger partial charge in [0.2, 0.25) is 5.95 Å². The molecule has 0 radical (unpaired) electrons. The molecule has 2 unspecified atom stereocenters. The van der Waals surface area contributed by atoms with E-state index in [9.17, 15) is 0 Å². The quantitative estimate of drug-likeness (QED) is 0.896. The largest absolute Gasteiger partial charge is 0.354 e. The molecule has 2 atom stereocenters. The Morgan fingerprint density at radius 2 is 2.05 bits per heavy atom. The summed E-state index contributed by atoms with van der Waals surface area (Å²) in [7, 11) is 0. The maximum Gasteiger partial charge on any atom is 0.221 e. The van der Waals surface area contributed by atoms with Crippen LogP contribution in [0.15, 0.2) is 24.3 Å². The van der Waals surface area contributed by atoms with E-state index in [-0.39, 0.29) is 0 Å². The van der Waals surface area contributed by atoms with Crippen LogP contribution in [0.1, 0.15) is 31.9 Å². The van der Waals surface area contributed by atoms with Crippen molar-refractivity contribution in [2.24, 2.45) is 5.92 Å². The summed E-state index contributed by atoms with van der Waals surface area (Å²) in [5, 5.41) is 8.06. The Morgan fingerprint density at radius 3 is 2.74 bits per heavy atom. The fourth-order valence-electron chi connectivity index (χ4n) is 2.70. The van der Waals surface area contributed by atoms with Crippen LogP contribution < -0.4 is 5.32 Å². The zero-order valence-electron chi connectivity index (χ0n) is 11.7. The average molecular weight is 256 g/mol. The minimum atomic E-state index is 0.447. The average Bonchev–Trinajstić information content (AvgIpc) is 2.83. The molecule has 0 saturated heterocycles. The first-order valence-corrected chi connectivity index (χ1v) is 6.96. The molecule has 0 amide bonds. The highest BCUT2D eigenvalue weighted by Gasteiger charge is 2.27. The molecule has 1 aliphatic heterocycles. The van der Waals surface area contributed by atoms with Gasteiger partial charge in [-0.25, -0.2) is 4.68 Å². The second kappa shape index (κ2) is 4.68. The van der Waals surface area contributed by atoms with Gasteiger partial charge in [-0.15, -0.1) is 5.10 Å². The van der Waals surface area contributed by atoms with Crippen molar-refractivity contribution in [3.8, 4) is 11.4 Å². The summed E-state index contributed by atoms with van der Waals surface area (Å²) in [4.78, 5) is 4.62. The number of fused-ring (bicyclic) bond motifs is 1. The minimum absolute atomic E-state index is 0.447. The summed E-state index contributed by atoms with van der Waals surface area (Å²) in [5.74, 6) is 2.31. The molecule has 100 valence electrons. The van der Waals surface area contributed by atoms with Gasteiger partial charge in [0.1, 0.15) is 0 Å². The highest BCUT2D eigenvalue weighted by molar-refractivity contribution is 5.57. The predicted molar refractivity (Wildman–Crippen MR) is 77.2 cm³/mol. The number of nitrogens with one attached hydrogen (secondary N) is 1. The lowest BCUT2D eigenvalue weighted by Gasteiger charge is -2.29. The zero-order valence-corrected chi connectivity index (χ0v) is 11.7. The Balaban J connectivity index is 2.00. The number of benzene rings is 1.